The first kappa shape index (κ1) is 23.6. The summed E-state index contributed by atoms with van der Waals surface area (Å²) in [5, 5.41) is 18.7. The number of benzene rings is 2. The molecule has 1 atom stereocenters. The van der Waals surface area contributed by atoms with Crippen LogP contribution in [0.2, 0.25) is 0 Å². The molecule has 1 unspecified atom stereocenters. The standard InChI is InChI=1S/C27H34N6O/c1-18(2)33-17-22-24(26(33)34)30-27(28-15-16-32(4)5)31-25(22)29-23(20-9-7-6-8-10-20)21-13-11-19(3)12-14-21/h6-14,17-18,23,34H,15-16H2,1-5H3,(H2,28,29,30,31). The van der Waals surface area contributed by atoms with E-state index in [4.69, 9.17) is 4.98 Å². The van der Waals surface area contributed by atoms with Gasteiger partial charge in [0.05, 0.1) is 11.4 Å². The molecular weight excluding hydrogens is 424 g/mol. The van der Waals surface area contributed by atoms with Crippen LogP contribution in [0.3, 0.4) is 0 Å². The summed E-state index contributed by atoms with van der Waals surface area (Å²) in [5.41, 5.74) is 4.02. The minimum Gasteiger partial charge on any atom is -0.493 e. The van der Waals surface area contributed by atoms with Crippen LogP contribution in [0.1, 0.15) is 42.6 Å². The SMILES string of the molecule is Cc1ccc(C(Nc2nc(NCCN(C)C)nc3c(O)n(C(C)C)cc23)c2ccccc2)cc1. The van der Waals surface area contributed by atoms with Crippen LogP contribution in [0, 0.1) is 6.92 Å². The van der Waals surface area contributed by atoms with Gasteiger partial charge in [-0.3, -0.25) is 0 Å². The van der Waals surface area contributed by atoms with Gasteiger partial charge in [0, 0.05) is 25.3 Å². The highest BCUT2D eigenvalue weighted by Crippen LogP contribution is 2.36. The van der Waals surface area contributed by atoms with Crippen LogP contribution >= 0.6 is 0 Å². The van der Waals surface area contributed by atoms with Crippen molar-refractivity contribution < 1.29 is 5.11 Å². The van der Waals surface area contributed by atoms with Gasteiger partial charge < -0.3 is 25.2 Å². The fraction of sp³-hybridized carbons (Fsp3) is 0.333. The molecule has 0 saturated carbocycles. The van der Waals surface area contributed by atoms with Crippen LogP contribution in [0.25, 0.3) is 10.9 Å². The van der Waals surface area contributed by atoms with E-state index in [0.29, 0.717) is 23.8 Å². The van der Waals surface area contributed by atoms with E-state index in [1.54, 1.807) is 0 Å². The van der Waals surface area contributed by atoms with Gasteiger partial charge in [-0.15, -0.1) is 0 Å². The Balaban J connectivity index is 1.80. The largest absolute Gasteiger partial charge is 0.493 e. The van der Waals surface area contributed by atoms with E-state index in [9.17, 15) is 5.11 Å². The molecule has 0 aliphatic heterocycles. The Hall–Kier alpha value is -3.58. The molecule has 0 radical (unpaired) electrons. The van der Waals surface area contributed by atoms with Crippen molar-refractivity contribution in [1.82, 2.24) is 19.4 Å². The number of hydrogen-bond donors (Lipinski definition) is 3. The van der Waals surface area contributed by atoms with Gasteiger partial charge in [0.1, 0.15) is 11.3 Å². The van der Waals surface area contributed by atoms with Crippen molar-refractivity contribution in [3.8, 4) is 5.88 Å². The lowest BCUT2D eigenvalue weighted by molar-refractivity contribution is 0.404. The fourth-order valence-corrected chi connectivity index (χ4v) is 3.96. The number of hydrogen-bond acceptors (Lipinski definition) is 6. The first-order chi connectivity index (χ1) is 16.3. The highest BCUT2D eigenvalue weighted by molar-refractivity contribution is 5.94. The number of aryl methyl sites for hydroxylation is 1. The van der Waals surface area contributed by atoms with Gasteiger partial charge in [-0.1, -0.05) is 60.2 Å². The lowest BCUT2D eigenvalue weighted by Crippen LogP contribution is -2.22. The van der Waals surface area contributed by atoms with Crippen molar-refractivity contribution in [3.05, 3.63) is 77.5 Å². The molecule has 0 amide bonds. The van der Waals surface area contributed by atoms with Crippen molar-refractivity contribution in [3.63, 3.8) is 0 Å². The van der Waals surface area contributed by atoms with Crippen molar-refractivity contribution in [2.24, 2.45) is 0 Å². The third-order valence-corrected chi connectivity index (χ3v) is 5.89. The minimum atomic E-state index is -0.112. The van der Waals surface area contributed by atoms with Crippen LogP contribution in [0.15, 0.2) is 60.8 Å². The number of nitrogens with one attached hydrogen (secondary N) is 2. The molecule has 0 spiro atoms. The van der Waals surface area contributed by atoms with E-state index < -0.39 is 0 Å². The van der Waals surface area contributed by atoms with Crippen LogP contribution < -0.4 is 10.6 Å². The molecule has 7 heteroatoms. The third-order valence-electron chi connectivity index (χ3n) is 5.89. The quantitative estimate of drug-likeness (QED) is 0.320. The molecule has 0 aliphatic carbocycles. The zero-order valence-corrected chi connectivity index (χ0v) is 20.6. The molecule has 7 nitrogen and oxygen atoms in total. The van der Waals surface area contributed by atoms with Gasteiger partial charge in [-0.25, -0.2) is 4.98 Å². The summed E-state index contributed by atoms with van der Waals surface area (Å²) in [6, 6.07) is 18.9. The van der Waals surface area contributed by atoms with Crippen LogP contribution in [-0.4, -0.2) is 51.7 Å². The zero-order chi connectivity index (χ0) is 24.2. The predicted molar refractivity (Wildman–Crippen MR) is 140 cm³/mol. The Kier molecular flexibility index (Phi) is 7.03. The highest BCUT2D eigenvalue weighted by atomic mass is 16.3. The van der Waals surface area contributed by atoms with Gasteiger partial charge in [0.2, 0.25) is 11.8 Å². The lowest BCUT2D eigenvalue weighted by Gasteiger charge is -2.21. The maximum Gasteiger partial charge on any atom is 0.225 e. The molecule has 3 N–H and O–H groups in total. The van der Waals surface area contributed by atoms with Gasteiger partial charge in [-0.2, -0.15) is 4.98 Å². The Bertz CT molecular complexity index is 1230. The molecule has 4 rings (SSSR count). The third kappa shape index (κ3) is 5.15. The smallest absolute Gasteiger partial charge is 0.225 e. The molecule has 2 aromatic carbocycles. The minimum absolute atomic E-state index is 0.0919. The highest BCUT2D eigenvalue weighted by Gasteiger charge is 2.21. The van der Waals surface area contributed by atoms with Crippen molar-refractivity contribution in [2.45, 2.75) is 32.9 Å². The molecule has 0 aliphatic rings. The first-order valence-corrected chi connectivity index (χ1v) is 11.7. The maximum absolute atomic E-state index is 10.9. The normalized spacial score (nSPS) is 12.4. The summed E-state index contributed by atoms with van der Waals surface area (Å²) < 4.78 is 1.83. The Labute approximate surface area is 201 Å². The molecule has 0 fully saturated rings. The van der Waals surface area contributed by atoms with Crippen LogP contribution in [0.5, 0.6) is 5.88 Å². The number of nitrogens with zero attached hydrogens (tertiary/aromatic N) is 4. The maximum atomic E-state index is 10.9. The van der Waals surface area contributed by atoms with Gasteiger partial charge in [0.15, 0.2) is 0 Å². The first-order valence-electron chi connectivity index (χ1n) is 11.7. The van der Waals surface area contributed by atoms with Crippen molar-refractivity contribution >= 4 is 22.7 Å². The van der Waals surface area contributed by atoms with E-state index in [1.165, 1.54) is 5.56 Å². The monoisotopic (exact) mass is 458 g/mol. The summed E-state index contributed by atoms with van der Waals surface area (Å²) in [5.74, 6) is 1.32. The number of aromatic nitrogens is 3. The molecule has 178 valence electrons. The summed E-state index contributed by atoms with van der Waals surface area (Å²) in [6.07, 6.45) is 1.93. The van der Waals surface area contributed by atoms with Crippen molar-refractivity contribution in [2.75, 3.05) is 37.8 Å². The lowest BCUT2D eigenvalue weighted by atomic mass is 9.97. The average Bonchev–Trinajstić information content (AvgIpc) is 3.15. The summed E-state index contributed by atoms with van der Waals surface area (Å²) in [4.78, 5) is 11.6. The number of likely N-dealkylation sites (N-methyl/N-ethyl adjacent to an activating group) is 1. The molecule has 0 bridgehead atoms. The van der Waals surface area contributed by atoms with E-state index in [-0.39, 0.29) is 18.0 Å². The second-order valence-corrected chi connectivity index (χ2v) is 9.24. The van der Waals surface area contributed by atoms with E-state index >= 15 is 0 Å². The number of rotatable bonds is 9. The number of fused-ring (bicyclic) bond motifs is 1. The molecule has 4 aromatic rings. The van der Waals surface area contributed by atoms with Gasteiger partial charge >= 0.3 is 0 Å². The second kappa shape index (κ2) is 10.1. The molecule has 0 saturated heterocycles. The van der Waals surface area contributed by atoms with Gasteiger partial charge in [-0.05, 0) is 46.0 Å². The molecule has 2 aromatic heterocycles. The summed E-state index contributed by atoms with van der Waals surface area (Å²) in [7, 11) is 4.05. The zero-order valence-electron chi connectivity index (χ0n) is 20.6. The Morgan fingerprint density at radius 3 is 2.29 bits per heavy atom. The number of anilines is 2. The number of aromatic hydroxyl groups is 1. The summed E-state index contributed by atoms with van der Waals surface area (Å²) in [6.45, 7) is 7.71. The van der Waals surface area contributed by atoms with Crippen LogP contribution in [0.4, 0.5) is 11.8 Å². The predicted octanol–water partition coefficient (Wildman–Crippen LogP) is 5.20. The second-order valence-electron chi connectivity index (χ2n) is 9.24. The fourth-order valence-electron chi connectivity index (χ4n) is 3.96. The van der Waals surface area contributed by atoms with Gasteiger partial charge in [0.25, 0.3) is 0 Å². The molecule has 2 heterocycles. The van der Waals surface area contributed by atoms with E-state index in [0.717, 1.165) is 23.1 Å². The Morgan fingerprint density at radius 1 is 0.971 bits per heavy atom. The van der Waals surface area contributed by atoms with E-state index in [1.807, 2.05) is 56.9 Å². The molecular formula is C27H34N6O. The van der Waals surface area contributed by atoms with Crippen LogP contribution in [-0.2, 0) is 0 Å². The topological polar surface area (TPSA) is 78.2 Å². The summed E-state index contributed by atoms with van der Waals surface area (Å²) >= 11 is 0. The van der Waals surface area contributed by atoms with Crippen molar-refractivity contribution in [1.29, 1.82) is 0 Å². The molecule has 34 heavy (non-hydrogen) atoms. The Morgan fingerprint density at radius 2 is 1.65 bits per heavy atom. The van der Waals surface area contributed by atoms with E-state index in [2.05, 4.69) is 63.8 Å². The average molecular weight is 459 g/mol.